The van der Waals surface area contributed by atoms with E-state index in [-0.39, 0.29) is 4.90 Å². The van der Waals surface area contributed by atoms with E-state index in [0.29, 0.717) is 11.4 Å². The van der Waals surface area contributed by atoms with Crippen LogP contribution < -0.4 is 10.5 Å². The minimum absolute atomic E-state index is 0.0432. The van der Waals surface area contributed by atoms with Crippen LogP contribution in [0.3, 0.4) is 0 Å². The molecule has 102 valence electrons. The average Bonchev–Trinajstić information content (AvgIpc) is 2.50. The first kappa shape index (κ1) is 14.6. The second-order valence-corrected chi connectivity index (χ2v) is 5.60. The fourth-order valence-electron chi connectivity index (χ4n) is 1.50. The lowest BCUT2D eigenvalue weighted by atomic mass is 10.3. The zero-order valence-corrected chi connectivity index (χ0v) is 11.2. The van der Waals surface area contributed by atoms with E-state index in [1.54, 1.807) is 20.9 Å². The Morgan fingerprint density at radius 3 is 2.50 bits per heavy atom. The second kappa shape index (κ2) is 5.04. The number of amides is 1. The maximum Gasteiger partial charge on any atom is 0.247 e. The molecule has 1 aromatic rings. The van der Waals surface area contributed by atoms with Crippen LogP contribution >= 0.6 is 0 Å². The van der Waals surface area contributed by atoms with Crippen molar-refractivity contribution in [2.45, 2.75) is 24.8 Å². The lowest BCUT2D eigenvalue weighted by molar-refractivity contribution is -0.125. The number of carbonyl (C=O) groups is 1. The van der Waals surface area contributed by atoms with Gasteiger partial charge in [0, 0.05) is 13.6 Å². The van der Waals surface area contributed by atoms with Gasteiger partial charge in [0.1, 0.15) is 11.0 Å². The molecule has 1 amide bonds. The summed E-state index contributed by atoms with van der Waals surface area (Å²) in [6.07, 6.45) is -1.56. The van der Waals surface area contributed by atoms with E-state index in [0.717, 1.165) is 0 Å². The normalized spacial score (nSPS) is 13.6. The van der Waals surface area contributed by atoms with Crippen molar-refractivity contribution in [3.63, 3.8) is 0 Å². The summed E-state index contributed by atoms with van der Waals surface area (Å²) >= 11 is 0. The zero-order valence-electron chi connectivity index (χ0n) is 10.3. The molecule has 1 unspecified atom stereocenters. The molecule has 0 spiro atoms. The van der Waals surface area contributed by atoms with Gasteiger partial charge in [-0.15, -0.1) is 0 Å². The summed E-state index contributed by atoms with van der Waals surface area (Å²) < 4.78 is 27.5. The Bertz CT molecular complexity index is 563. The van der Waals surface area contributed by atoms with Crippen LogP contribution in [-0.2, 0) is 21.9 Å². The first-order valence-corrected chi connectivity index (χ1v) is 6.62. The van der Waals surface area contributed by atoms with Gasteiger partial charge < -0.3 is 10.8 Å². The predicted molar refractivity (Wildman–Crippen MR) is 63.1 cm³/mol. The lowest BCUT2D eigenvalue weighted by Crippen LogP contribution is -2.40. The fraction of sp³-hybridized carbons (Fsp3) is 0.556. The van der Waals surface area contributed by atoms with Crippen molar-refractivity contribution in [2.75, 3.05) is 6.54 Å². The van der Waals surface area contributed by atoms with E-state index < -0.39 is 28.6 Å². The molecule has 1 aromatic heterocycles. The van der Waals surface area contributed by atoms with Crippen molar-refractivity contribution >= 4 is 15.9 Å². The van der Waals surface area contributed by atoms with Crippen LogP contribution in [0.25, 0.3) is 0 Å². The third kappa shape index (κ3) is 2.86. The molecule has 0 fully saturated rings. The molecule has 18 heavy (non-hydrogen) atoms. The molecule has 0 aromatic carbocycles. The van der Waals surface area contributed by atoms with E-state index in [1.165, 1.54) is 4.68 Å². The molecule has 9 heteroatoms. The van der Waals surface area contributed by atoms with E-state index >= 15 is 0 Å². The Balaban J connectivity index is 2.97. The van der Waals surface area contributed by atoms with Gasteiger partial charge in [0.2, 0.25) is 15.9 Å². The van der Waals surface area contributed by atoms with Gasteiger partial charge in [-0.25, -0.2) is 13.1 Å². The number of aromatic nitrogens is 2. The van der Waals surface area contributed by atoms with Gasteiger partial charge in [0.05, 0.1) is 11.4 Å². The van der Waals surface area contributed by atoms with Crippen molar-refractivity contribution in [3.8, 4) is 0 Å². The van der Waals surface area contributed by atoms with Crippen molar-refractivity contribution in [2.24, 2.45) is 12.8 Å². The van der Waals surface area contributed by atoms with E-state index in [2.05, 4.69) is 9.82 Å². The number of hydrogen-bond acceptors (Lipinski definition) is 5. The highest BCUT2D eigenvalue weighted by Gasteiger charge is 2.25. The fourth-order valence-corrected chi connectivity index (χ4v) is 2.98. The molecule has 0 aliphatic heterocycles. The van der Waals surface area contributed by atoms with Crippen LogP contribution in [0.1, 0.15) is 11.4 Å². The molecule has 0 bridgehead atoms. The largest absolute Gasteiger partial charge is 0.382 e. The number of hydrogen-bond donors (Lipinski definition) is 3. The summed E-state index contributed by atoms with van der Waals surface area (Å²) in [5.74, 6) is -0.989. The van der Waals surface area contributed by atoms with E-state index in [4.69, 9.17) is 10.8 Å². The highest BCUT2D eigenvalue weighted by atomic mass is 32.2. The van der Waals surface area contributed by atoms with Crippen LogP contribution in [0.4, 0.5) is 0 Å². The molecule has 1 rings (SSSR count). The number of primary amides is 1. The molecule has 0 saturated heterocycles. The van der Waals surface area contributed by atoms with Gasteiger partial charge in [-0.05, 0) is 13.8 Å². The van der Waals surface area contributed by atoms with Crippen LogP contribution in [0, 0.1) is 13.8 Å². The number of aliphatic hydroxyl groups is 1. The Morgan fingerprint density at radius 2 is 2.11 bits per heavy atom. The minimum Gasteiger partial charge on any atom is -0.382 e. The highest BCUT2D eigenvalue weighted by molar-refractivity contribution is 7.89. The summed E-state index contributed by atoms with van der Waals surface area (Å²) in [7, 11) is -2.21. The SMILES string of the molecule is Cc1nn(C)c(C)c1S(=O)(=O)NCC(O)C(N)=O. The molecule has 0 radical (unpaired) electrons. The molecule has 1 atom stereocenters. The topological polar surface area (TPSA) is 127 Å². The van der Waals surface area contributed by atoms with Crippen LogP contribution in [0.2, 0.25) is 0 Å². The van der Waals surface area contributed by atoms with E-state index in [9.17, 15) is 13.2 Å². The van der Waals surface area contributed by atoms with Gasteiger partial charge in [0.15, 0.2) is 0 Å². The molecule has 0 saturated carbocycles. The monoisotopic (exact) mass is 276 g/mol. The van der Waals surface area contributed by atoms with Gasteiger partial charge in [0.25, 0.3) is 0 Å². The van der Waals surface area contributed by atoms with Crippen molar-refractivity contribution in [3.05, 3.63) is 11.4 Å². The molecule has 0 aliphatic rings. The second-order valence-electron chi connectivity index (χ2n) is 3.89. The number of carbonyl (C=O) groups excluding carboxylic acids is 1. The first-order valence-electron chi connectivity index (χ1n) is 5.14. The smallest absolute Gasteiger partial charge is 0.247 e. The van der Waals surface area contributed by atoms with E-state index in [1.807, 2.05) is 0 Å². The Hall–Kier alpha value is -1.45. The first-order chi connectivity index (χ1) is 8.16. The summed E-state index contributed by atoms with van der Waals surface area (Å²) in [6.45, 7) is 2.70. The number of nitrogens with zero attached hydrogens (tertiary/aromatic N) is 2. The summed E-state index contributed by atoms with van der Waals surface area (Å²) in [6, 6.07) is 0. The zero-order chi connectivity index (χ0) is 14.1. The lowest BCUT2D eigenvalue weighted by Gasteiger charge is -2.09. The number of nitrogens with two attached hydrogens (primary N) is 1. The molecular formula is C9H16N4O4S. The average molecular weight is 276 g/mol. The number of rotatable bonds is 5. The Labute approximate surface area is 105 Å². The highest BCUT2D eigenvalue weighted by Crippen LogP contribution is 2.17. The van der Waals surface area contributed by atoms with Crippen molar-refractivity contribution in [1.29, 1.82) is 0 Å². The third-order valence-electron chi connectivity index (χ3n) is 2.51. The number of aryl methyl sites for hydroxylation is 2. The molecular weight excluding hydrogens is 260 g/mol. The van der Waals surface area contributed by atoms with Gasteiger partial charge in [-0.1, -0.05) is 0 Å². The minimum atomic E-state index is -3.83. The molecule has 4 N–H and O–H groups in total. The predicted octanol–water partition coefficient (Wildman–Crippen LogP) is -1.84. The van der Waals surface area contributed by atoms with Crippen molar-refractivity contribution < 1.29 is 18.3 Å². The van der Waals surface area contributed by atoms with Crippen LogP contribution in [0.15, 0.2) is 4.90 Å². The maximum atomic E-state index is 12.0. The van der Waals surface area contributed by atoms with Crippen LogP contribution in [0.5, 0.6) is 0 Å². The quantitative estimate of drug-likeness (QED) is 0.582. The third-order valence-corrected chi connectivity index (χ3v) is 4.18. The summed E-state index contributed by atoms with van der Waals surface area (Å²) in [5.41, 5.74) is 5.64. The summed E-state index contributed by atoms with van der Waals surface area (Å²) in [5, 5.41) is 13.1. The number of nitrogens with one attached hydrogen (secondary N) is 1. The Morgan fingerprint density at radius 1 is 1.56 bits per heavy atom. The molecule has 1 heterocycles. The van der Waals surface area contributed by atoms with Crippen molar-refractivity contribution in [1.82, 2.24) is 14.5 Å². The summed E-state index contributed by atoms with van der Waals surface area (Å²) in [4.78, 5) is 10.7. The standard InChI is InChI=1S/C9H16N4O4S/c1-5-8(6(2)13(3)12-5)18(16,17)11-4-7(14)9(10)15/h7,11,14H,4H2,1-3H3,(H2,10,15). The number of aliphatic hydroxyl groups excluding tert-OH is 1. The Kier molecular flexibility index (Phi) is 4.09. The van der Waals surface area contributed by atoms with Gasteiger partial charge in [-0.2, -0.15) is 5.10 Å². The number of sulfonamides is 1. The van der Waals surface area contributed by atoms with Gasteiger partial charge in [-0.3, -0.25) is 9.48 Å². The van der Waals surface area contributed by atoms with Gasteiger partial charge >= 0.3 is 0 Å². The van der Waals surface area contributed by atoms with Crippen LogP contribution in [-0.4, -0.2) is 41.9 Å². The maximum absolute atomic E-state index is 12.0. The molecule has 8 nitrogen and oxygen atoms in total. The molecule has 0 aliphatic carbocycles.